The molecular formula is C5HF9. The fraction of sp³-hybridized carbons (Fsp3) is 0.600. The Morgan fingerprint density at radius 1 is 0.786 bits per heavy atom. The summed E-state index contributed by atoms with van der Waals surface area (Å²) in [6.45, 7) is 0. The molecule has 0 N–H and O–H groups in total. The van der Waals surface area contributed by atoms with Crippen molar-refractivity contribution in [1.82, 2.24) is 0 Å². The minimum Gasteiger partial charge on any atom is -0.205 e. The third kappa shape index (κ3) is 3.11. The van der Waals surface area contributed by atoms with Crippen molar-refractivity contribution in [2.45, 2.75) is 18.3 Å². The Kier molecular flexibility index (Phi) is 3.14. The molecule has 84 valence electrons. The fourth-order valence-electron chi connectivity index (χ4n) is 0.370. The van der Waals surface area contributed by atoms with E-state index >= 15 is 0 Å². The molecular weight excluding hydrogens is 231 g/mol. The van der Waals surface area contributed by atoms with Gasteiger partial charge in [-0.05, 0) is 0 Å². The van der Waals surface area contributed by atoms with Crippen LogP contribution in [-0.4, -0.2) is 18.3 Å². The number of alkyl halides is 8. The standard InChI is InChI=1S/C5HF9/c6-2(1-3(7,8)9)4(10,11)5(12,13)14/h1H. The van der Waals surface area contributed by atoms with E-state index in [0.29, 0.717) is 0 Å². The zero-order valence-corrected chi connectivity index (χ0v) is 5.98. The Labute approximate surface area is 71.0 Å². The second-order valence-electron chi connectivity index (χ2n) is 2.11. The molecule has 14 heavy (non-hydrogen) atoms. The molecule has 0 aromatic heterocycles. The summed E-state index contributed by atoms with van der Waals surface area (Å²) in [4.78, 5) is 0. The molecule has 0 radical (unpaired) electrons. The van der Waals surface area contributed by atoms with Crippen molar-refractivity contribution in [1.29, 1.82) is 0 Å². The van der Waals surface area contributed by atoms with E-state index in [9.17, 15) is 39.5 Å². The van der Waals surface area contributed by atoms with E-state index in [2.05, 4.69) is 0 Å². The largest absolute Gasteiger partial charge is 0.460 e. The Balaban J connectivity index is 5.04. The predicted octanol–water partition coefficient (Wildman–Crippen LogP) is 3.60. The highest BCUT2D eigenvalue weighted by Crippen LogP contribution is 2.42. The summed E-state index contributed by atoms with van der Waals surface area (Å²) < 4.78 is 103. The lowest BCUT2D eigenvalue weighted by Crippen LogP contribution is -2.37. The first kappa shape index (κ1) is 13.1. The number of allylic oxidation sites excluding steroid dienone is 2. The molecule has 0 nitrogen and oxygen atoms in total. The van der Waals surface area contributed by atoms with Crippen LogP contribution in [0, 0.1) is 0 Å². The highest BCUT2D eigenvalue weighted by molar-refractivity contribution is 5.10. The highest BCUT2D eigenvalue weighted by atomic mass is 19.4. The summed E-state index contributed by atoms with van der Waals surface area (Å²) in [5.41, 5.74) is 0. The van der Waals surface area contributed by atoms with Crippen LogP contribution in [0.3, 0.4) is 0 Å². The maximum Gasteiger partial charge on any atom is 0.460 e. The van der Waals surface area contributed by atoms with E-state index in [0.717, 1.165) is 0 Å². The average molecular weight is 232 g/mol. The van der Waals surface area contributed by atoms with Gasteiger partial charge in [0.1, 0.15) is 0 Å². The molecule has 0 aromatic carbocycles. The van der Waals surface area contributed by atoms with Crippen LogP contribution in [-0.2, 0) is 0 Å². The molecule has 0 aromatic rings. The van der Waals surface area contributed by atoms with Crippen LogP contribution < -0.4 is 0 Å². The smallest absolute Gasteiger partial charge is 0.205 e. The van der Waals surface area contributed by atoms with Crippen LogP contribution in [0.1, 0.15) is 0 Å². The van der Waals surface area contributed by atoms with Crippen LogP contribution >= 0.6 is 0 Å². The van der Waals surface area contributed by atoms with Gasteiger partial charge in [-0.3, -0.25) is 0 Å². The van der Waals surface area contributed by atoms with Crippen molar-refractivity contribution in [3.05, 3.63) is 11.9 Å². The second kappa shape index (κ2) is 3.35. The summed E-state index contributed by atoms with van der Waals surface area (Å²) in [6, 6.07) is 0. The minimum atomic E-state index is -6.39. The highest BCUT2D eigenvalue weighted by Gasteiger charge is 2.61. The molecule has 0 aliphatic rings. The Morgan fingerprint density at radius 2 is 1.14 bits per heavy atom. The molecule has 0 rings (SSSR count). The molecule has 0 saturated carbocycles. The monoisotopic (exact) mass is 232 g/mol. The SMILES string of the molecule is FC(=CC(F)(F)F)C(F)(F)C(F)(F)F. The molecule has 0 bridgehead atoms. The van der Waals surface area contributed by atoms with Crippen LogP contribution in [0.15, 0.2) is 11.9 Å². The second-order valence-corrected chi connectivity index (χ2v) is 2.11. The van der Waals surface area contributed by atoms with Gasteiger partial charge in [-0.1, -0.05) is 0 Å². The van der Waals surface area contributed by atoms with Crippen LogP contribution in [0.5, 0.6) is 0 Å². The van der Waals surface area contributed by atoms with Gasteiger partial charge in [-0.15, -0.1) is 0 Å². The summed E-state index contributed by atoms with van der Waals surface area (Å²) >= 11 is 0. The maximum atomic E-state index is 11.8. The molecule has 0 amide bonds. The normalized spacial score (nSPS) is 15.9. The molecule has 9 heteroatoms. The first-order valence-electron chi connectivity index (χ1n) is 2.78. The summed E-state index contributed by atoms with van der Waals surface area (Å²) in [5.74, 6) is -9.71. The molecule has 0 saturated heterocycles. The number of halogens is 9. The summed E-state index contributed by atoms with van der Waals surface area (Å²) in [7, 11) is 0. The van der Waals surface area contributed by atoms with Crippen LogP contribution in [0.25, 0.3) is 0 Å². The van der Waals surface area contributed by atoms with Crippen LogP contribution in [0.2, 0.25) is 0 Å². The molecule has 0 spiro atoms. The van der Waals surface area contributed by atoms with Gasteiger partial charge in [0, 0.05) is 0 Å². The number of hydrogen-bond donors (Lipinski definition) is 0. The topological polar surface area (TPSA) is 0 Å². The molecule has 0 unspecified atom stereocenters. The Hall–Kier alpha value is -0.890. The lowest BCUT2D eigenvalue weighted by atomic mass is 10.2. The maximum absolute atomic E-state index is 11.8. The van der Waals surface area contributed by atoms with Gasteiger partial charge in [0.25, 0.3) is 0 Å². The average Bonchev–Trinajstić information content (AvgIpc) is 1.80. The van der Waals surface area contributed by atoms with E-state index in [-0.39, 0.29) is 0 Å². The van der Waals surface area contributed by atoms with Gasteiger partial charge in [0.15, 0.2) is 5.83 Å². The number of rotatable bonds is 1. The molecule has 0 aliphatic carbocycles. The fourth-order valence-corrected chi connectivity index (χ4v) is 0.370. The third-order valence-corrected chi connectivity index (χ3v) is 0.946. The van der Waals surface area contributed by atoms with Crippen molar-refractivity contribution >= 4 is 0 Å². The van der Waals surface area contributed by atoms with Gasteiger partial charge in [0.2, 0.25) is 0 Å². The third-order valence-electron chi connectivity index (χ3n) is 0.946. The van der Waals surface area contributed by atoms with Crippen molar-refractivity contribution in [2.24, 2.45) is 0 Å². The molecule has 0 aliphatic heterocycles. The van der Waals surface area contributed by atoms with Crippen molar-refractivity contribution in [3.8, 4) is 0 Å². The van der Waals surface area contributed by atoms with E-state index in [1.54, 1.807) is 0 Å². The van der Waals surface area contributed by atoms with Gasteiger partial charge in [-0.25, -0.2) is 4.39 Å². The minimum absolute atomic E-state index is 1.74. The van der Waals surface area contributed by atoms with Gasteiger partial charge < -0.3 is 0 Å². The van der Waals surface area contributed by atoms with E-state index in [4.69, 9.17) is 0 Å². The molecule has 0 heterocycles. The molecule has 0 fully saturated rings. The lowest BCUT2D eigenvalue weighted by Gasteiger charge is -2.17. The van der Waals surface area contributed by atoms with Gasteiger partial charge in [-0.2, -0.15) is 35.1 Å². The quantitative estimate of drug-likeness (QED) is 0.606. The molecule has 0 atom stereocenters. The van der Waals surface area contributed by atoms with E-state index in [1.807, 2.05) is 0 Å². The Bertz CT molecular complexity index is 229. The zero-order valence-electron chi connectivity index (χ0n) is 5.98. The van der Waals surface area contributed by atoms with Gasteiger partial charge in [0.05, 0.1) is 6.08 Å². The van der Waals surface area contributed by atoms with Crippen molar-refractivity contribution < 1.29 is 39.5 Å². The Morgan fingerprint density at radius 3 is 1.36 bits per heavy atom. The summed E-state index contributed by atoms with van der Waals surface area (Å²) in [6.07, 6.45) is -13.7. The van der Waals surface area contributed by atoms with E-state index < -0.39 is 30.2 Å². The first-order chi connectivity index (χ1) is 5.88. The number of hydrogen-bond acceptors (Lipinski definition) is 0. The first-order valence-corrected chi connectivity index (χ1v) is 2.78. The van der Waals surface area contributed by atoms with Gasteiger partial charge >= 0.3 is 18.3 Å². The zero-order chi connectivity index (χ0) is 11.8. The van der Waals surface area contributed by atoms with Crippen molar-refractivity contribution in [2.75, 3.05) is 0 Å². The van der Waals surface area contributed by atoms with Crippen LogP contribution in [0.4, 0.5) is 39.5 Å². The lowest BCUT2D eigenvalue weighted by molar-refractivity contribution is -0.271. The van der Waals surface area contributed by atoms with Crippen molar-refractivity contribution in [3.63, 3.8) is 0 Å². The predicted molar refractivity (Wildman–Crippen MR) is 26.2 cm³/mol. The van der Waals surface area contributed by atoms with E-state index in [1.165, 1.54) is 0 Å². The summed E-state index contributed by atoms with van der Waals surface area (Å²) in [5, 5.41) is 0.